The molecule has 0 amide bonds. The fourth-order valence-corrected chi connectivity index (χ4v) is 3.65. The van der Waals surface area contributed by atoms with Gasteiger partial charge in [0.15, 0.2) is 0 Å². The number of hydrogen-bond donors (Lipinski definition) is 0. The van der Waals surface area contributed by atoms with E-state index in [4.69, 9.17) is 0 Å². The van der Waals surface area contributed by atoms with E-state index in [0.717, 1.165) is 0 Å². The van der Waals surface area contributed by atoms with Crippen molar-refractivity contribution < 1.29 is 0 Å². The van der Waals surface area contributed by atoms with Crippen molar-refractivity contribution in [2.24, 2.45) is 0 Å². The predicted octanol–water partition coefficient (Wildman–Crippen LogP) is 7.16. The molecule has 3 rings (SSSR count). The van der Waals surface area contributed by atoms with E-state index >= 15 is 0 Å². The molecule has 3 aromatic rings. The molecule has 1 atom stereocenters. The Morgan fingerprint density at radius 1 is 0.640 bits per heavy atom. The Labute approximate surface area is 155 Å². The van der Waals surface area contributed by atoms with E-state index in [-0.39, 0.29) is 0 Å². The molecular formula is C24H24S. The second kappa shape index (κ2) is 8.22. The minimum absolute atomic E-state index is 0.296. The van der Waals surface area contributed by atoms with E-state index < -0.39 is 0 Å². The van der Waals surface area contributed by atoms with Gasteiger partial charge < -0.3 is 0 Å². The van der Waals surface area contributed by atoms with Gasteiger partial charge in [-0.3, -0.25) is 0 Å². The Bertz CT molecular complexity index is 825. The van der Waals surface area contributed by atoms with Crippen molar-refractivity contribution in [3.8, 4) is 0 Å². The van der Waals surface area contributed by atoms with Gasteiger partial charge in [-0.25, -0.2) is 0 Å². The van der Waals surface area contributed by atoms with Crippen molar-refractivity contribution in [1.82, 2.24) is 0 Å². The summed E-state index contributed by atoms with van der Waals surface area (Å²) in [7, 11) is 0. The summed E-state index contributed by atoms with van der Waals surface area (Å²) in [6, 6.07) is 26.3. The highest BCUT2D eigenvalue weighted by Gasteiger charge is 2.10. The first-order valence-corrected chi connectivity index (χ1v) is 9.53. The summed E-state index contributed by atoms with van der Waals surface area (Å²) in [5.74, 6) is 0. The summed E-state index contributed by atoms with van der Waals surface area (Å²) < 4.78 is 0. The summed E-state index contributed by atoms with van der Waals surface area (Å²) in [6.45, 7) is 6.38. The van der Waals surface area contributed by atoms with Gasteiger partial charge in [0.1, 0.15) is 0 Å². The van der Waals surface area contributed by atoms with Crippen LogP contribution in [0.15, 0.2) is 83.8 Å². The van der Waals surface area contributed by atoms with Gasteiger partial charge in [0.2, 0.25) is 0 Å². The molecule has 0 aliphatic heterocycles. The summed E-state index contributed by atoms with van der Waals surface area (Å²) in [5.41, 5.74) is 6.46. The van der Waals surface area contributed by atoms with Gasteiger partial charge in [0.05, 0.1) is 5.25 Å². The van der Waals surface area contributed by atoms with Crippen LogP contribution < -0.4 is 0 Å². The average Bonchev–Trinajstić information content (AvgIpc) is 2.62. The summed E-state index contributed by atoms with van der Waals surface area (Å²) >= 11 is 1.89. The van der Waals surface area contributed by atoms with Gasteiger partial charge in [-0.1, -0.05) is 89.5 Å². The minimum Gasteiger partial charge on any atom is -0.114 e. The Balaban J connectivity index is 1.86. The van der Waals surface area contributed by atoms with Crippen molar-refractivity contribution >= 4 is 17.8 Å². The fraction of sp³-hybridized carbons (Fsp3) is 0.167. The third-order valence-electron chi connectivity index (χ3n) is 4.23. The molecule has 1 unspecified atom stereocenters. The fourth-order valence-electron chi connectivity index (χ4n) is 2.61. The lowest BCUT2D eigenvalue weighted by Crippen LogP contribution is -1.91. The van der Waals surface area contributed by atoms with Crippen LogP contribution in [0.4, 0.5) is 0 Å². The van der Waals surface area contributed by atoms with Gasteiger partial charge in [-0.15, -0.1) is 11.8 Å². The number of thioether (sulfide) groups is 1. The molecule has 126 valence electrons. The zero-order valence-corrected chi connectivity index (χ0v) is 15.9. The van der Waals surface area contributed by atoms with Crippen LogP contribution in [-0.4, -0.2) is 0 Å². The van der Waals surface area contributed by atoms with Crippen molar-refractivity contribution in [3.63, 3.8) is 0 Å². The zero-order chi connectivity index (χ0) is 17.6. The minimum atomic E-state index is 0.296. The molecule has 0 nitrogen and oxygen atoms in total. The maximum absolute atomic E-state index is 2.31. The van der Waals surface area contributed by atoms with Crippen LogP contribution in [0.2, 0.25) is 0 Å². The SMILES string of the molecule is Cc1ccc(/C=C/C(Sc2ccc(C)cc2)c2ccc(C)cc2)cc1. The van der Waals surface area contributed by atoms with Crippen molar-refractivity contribution in [3.05, 3.63) is 107 Å². The Hall–Kier alpha value is -2.25. The molecule has 0 aromatic heterocycles. The molecule has 0 spiro atoms. The van der Waals surface area contributed by atoms with E-state index in [1.54, 1.807) is 0 Å². The molecule has 3 aromatic carbocycles. The van der Waals surface area contributed by atoms with Crippen LogP contribution in [0.25, 0.3) is 6.08 Å². The maximum atomic E-state index is 2.31. The van der Waals surface area contributed by atoms with E-state index in [0.29, 0.717) is 5.25 Å². The first-order valence-electron chi connectivity index (χ1n) is 8.65. The molecule has 0 saturated heterocycles. The van der Waals surface area contributed by atoms with E-state index in [9.17, 15) is 0 Å². The maximum Gasteiger partial charge on any atom is 0.0527 e. The van der Waals surface area contributed by atoms with Crippen LogP contribution in [0.5, 0.6) is 0 Å². The normalized spacial score (nSPS) is 12.4. The standard InChI is InChI=1S/C24H24S/c1-18-4-10-21(11-5-18)12-17-24(22-13-6-19(2)7-14-22)25-23-15-8-20(3)9-16-23/h4-17,24H,1-3H3/b17-12+. The molecule has 1 heteroatoms. The van der Waals surface area contributed by atoms with Gasteiger partial charge in [0.25, 0.3) is 0 Å². The number of hydrogen-bond acceptors (Lipinski definition) is 1. The highest BCUT2D eigenvalue weighted by Crippen LogP contribution is 2.37. The molecule has 25 heavy (non-hydrogen) atoms. The molecule has 0 fully saturated rings. The molecule has 0 N–H and O–H groups in total. The predicted molar refractivity (Wildman–Crippen MR) is 111 cm³/mol. The summed E-state index contributed by atoms with van der Waals surface area (Å²) in [4.78, 5) is 1.30. The second-order valence-electron chi connectivity index (χ2n) is 6.53. The number of benzene rings is 3. The van der Waals surface area contributed by atoms with Gasteiger partial charge in [0, 0.05) is 4.90 Å². The first kappa shape index (κ1) is 17.6. The quantitative estimate of drug-likeness (QED) is 0.442. The van der Waals surface area contributed by atoms with Crippen molar-refractivity contribution in [1.29, 1.82) is 0 Å². The first-order chi connectivity index (χ1) is 12.1. The van der Waals surface area contributed by atoms with Crippen LogP contribution >= 0.6 is 11.8 Å². The zero-order valence-electron chi connectivity index (χ0n) is 15.1. The molecule has 0 saturated carbocycles. The summed E-state index contributed by atoms with van der Waals surface area (Å²) in [6.07, 6.45) is 4.53. The second-order valence-corrected chi connectivity index (χ2v) is 7.75. The lowest BCUT2D eigenvalue weighted by Gasteiger charge is -2.14. The Kier molecular flexibility index (Phi) is 5.78. The van der Waals surface area contributed by atoms with Crippen LogP contribution in [0, 0.1) is 20.8 Å². The monoisotopic (exact) mass is 344 g/mol. The Morgan fingerprint density at radius 3 is 1.68 bits per heavy atom. The summed E-state index contributed by atoms with van der Waals surface area (Å²) in [5, 5.41) is 0.296. The third-order valence-corrected chi connectivity index (χ3v) is 5.46. The van der Waals surface area contributed by atoms with E-state index in [2.05, 4.69) is 106 Å². The number of aryl methyl sites for hydroxylation is 3. The highest BCUT2D eigenvalue weighted by atomic mass is 32.2. The van der Waals surface area contributed by atoms with Crippen LogP contribution in [0.1, 0.15) is 33.1 Å². The van der Waals surface area contributed by atoms with E-state index in [1.807, 2.05) is 11.8 Å². The molecule has 0 aliphatic carbocycles. The third kappa shape index (κ3) is 5.11. The lowest BCUT2D eigenvalue weighted by atomic mass is 10.1. The molecule has 0 bridgehead atoms. The van der Waals surface area contributed by atoms with Gasteiger partial charge >= 0.3 is 0 Å². The van der Waals surface area contributed by atoms with Crippen molar-refractivity contribution in [2.75, 3.05) is 0 Å². The van der Waals surface area contributed by atoms with Crippen LogP contribution in [-0.2, 0) is 0 Å². The van der Waals surface area contributed by atoms with Gasteiger partial charge in [-0.05, 0) is 44.0 Å². The Morgan fingerprint density at radius 2 is 1.12 bits per heavy atom. The number of rotatable bonds is 5. The molecular weight excluding hydrogens is 320 g/mol. The molecule has 0 aliphatic rings. The highest BCUT2D eigenvalue weighted by molar-refractivity contribution is 7.99. The largest absolute Gasteiger partial charge is 0.114 e. The van der Waals surface area contributed by atoms with Crippen molar-refractivity contribution in [2.45, 2.75) is 30.9 Å². The topological polar surface area (TPSA) is 0 Å². The molecule has 0 radical (unpaired) electrons. The molecule has 0 heterocycles. The van der Waals surface area contributed by atoms with Crippen LogP contribution in [0.3, 0.4) is 0 Å². The van der Waals surface area contributed by atoms with Gasteiger partial charge in [-0.2, -0.15) is 0 Å². The van der Waals surface area contributed by atoms with E-state index in [1.165, 1.54) is 32.7 Å². The average molecular weight is 345 g/mol. The lowest BCUT2D eigenvalue weighted by molar-refractivity contribution is 1.21. The smallest absolute Gasteiger partial charge is 0.0527 e.